The molecule has 0 saturated carbocycles. The second-order valence-corrected chi connectivity index (χ2v) is 10.0. The van der Waals surface area contributed by atoms with Crippen LogP contribution in [0.4, 0.5) is 11.8 Å². The highest BCUT2D eigenvalue weighted by Gasteiger charge is 2.22. The molecule has 202 valence electrons. The number of anilines is 2. The van der Waals surface area contributed by atoms with Crippen LogP contribution < -0.4 is 19.7 Å². The number of fused-ring (bicyclic) bond motifs is 1. The predicted molar refractivity (Wildman–Crippen MR) is 149 cm³/mol. The summed E-state index contributed by atoms with van der Waals surface area (Å²) in [7, 11) is 3.32. The van der Waals surface area contributed by atoms with Crippen LogP contribution in [0.2, 0.25) is 0 Å². The highest BCUT2D eigenvalue weighted by molar-refractivity contribution is 6.01. The number of hydrogen-bond donors (Lipinski definition) is 1. The van der Waals surface area contributed by atoms with Gasteiger partial charge >= 0.3 is 0 Å². The van der Waals surface area contributed by atoms with E-state index in [4.69, 9.17) is 19.4 Å². The lowest BCUT2D eigenvalue weighted by molar-refractivity contribution is -0.113. The van der Waals surface area contributed by atoms with Gasteiger partial charge in [0.15, 0.2) is 11.5 Å². The van der Waals surface area contributed by atoms with E-state index in [2.05, 4.69) is 28.6 Å². The van der Waals surface area contributed by atoms with Gasteiger partial charge in [0, 0.05) is 44.2 Å². The highest BCUT2D eigenvalue weighted by atomic mass is 16.5. The Morgan fingerprint density at radius 2 is 1.86 bits per heavy atom. The normalized spacial score (nSPS) is 17.2. The number of carbonyl (C=O) groups is 1. The van der Waals surface area contributed by atoms with Gasteiger partial charge in [0.1, 0.15) is 5.82 Å². The van der Waals surface area contributed by atoms with Crippen LogP contribution in [-0.2, 0) is 4.79 Å². The summed E-state index contributed by atoms with van der Waals surface area (Å²) in [6.45, 7) is 13.1. The molecular weight excluding hydrogens is 468 g/mol. The van der Waals surface area contributed by atoms with Crippen LogP contribution in [0.3, 0.4) is 0 Å². The second kappa shape index (κ2) is 13.1. The lowest BCUT2D eigenvalue weighted by Crippen LogP contribution is -2.39. The number of amides is 1. The molecule has 0 atom stereocenters. The SMILES string of the molecule is C=CC(=O)N(C)c1nc(NC2CCN(CCC)CC2)c2cc(OC)c(OCCCN3CCCC3)cc2n1. The Balaban J connectivity index is 1.58. The summed E-state index contributed by atoms with van der Waals surface area (Å²) >= 11 is 0. The topological polar surface area (TPSA) is 83.1 Å². The van der Waals surface area contributed by atoms with Gasteiger partial charge in [0.05, 0.1) is 19.2 Å². The third kappa shape index (κ3) is 6.90. The minimum Gasteiger partial charge on any atom is -0.493 e. The van der Waals surface area contributed by atoms with Gasteiger partial charge in [-0.25, -0.2) is 4.98 Å². The Morgan fingerprint density at radius 3 is 2.54 bits per heavy atom. The van der Waals surface area contributed by atoms with E-state index in [1.54, 1.807) is 14.2 Å². The van der Waals surface area contributed by atoms with Crippen LogP contribution in [0.15, 0.2) is 24.8 Å². The molecule has 0 aliphatic carbocycles. The minimum absolute atomic E-state index is 0.259. The number of likely N-dealkylation sites (tertiary alicyclic amines) is 2. The van der Waals surface area contributed by atoms with Crippen molar-refractivity contribution in [3.05, 3.63) is 24.8 Å². The van der Waals surface area contributed by atoms with Crippen molar-refractivity contribution < 1.29 is 14.3 Å². The Kier molecular flexibility index (Phi) is 9.57. The van der Waals surface area contributed by atoms with Crippen molar-refractivity contribution in [2.45, 2.75) is 51.5 Å². The number of nitrogens with zero attached hydrogens (tertiary/aromatic N) is 5. The maximum atomic E-state index is 12.4. The maximum absolute atomic E-state index is 12.4. The first-order chi connectivity index (χ1) is 18.0. The first-order valence-corrected chi connectivity index (χ1v) is 13.7. The summed E-state index contributed by atoms with van der Waals surface area (Å²) in [4.78, 5) is 28.2. The van der Waals surface area contributed by atoms with Crippen molar-refractivity contribution in [2.75, 3.05) is 70.2 Å². The molecule has 0 unspecified atom stereocenters. The fraction of sp³-hybridized carbons (Fsp3) is 0.607. The standard InChI is InChI=1S/C28H42N6O3/c1-5-12-33-16-10-21(11-17-33)29-27-22-19-24(36-4)25(37-18-9-15-34-13-7-8-14-34)20-23(22)30-28(31-27)32(3)26(35)6-2/h6,19-21H,2,5,7-18H2,1,3-4H3,(H,29,30,31). The number of ether oxygens (including phenoxy) is 2. The lowest BCUT2D eigenvalue weighted by Gasteiger charge is -2.32. The van der Waals surface area contributed by atoms with Gasteiger partial charge < -0.3 is 24.6 Å². The number of benzene rings is 1. The van der Waals surface area contributed by atoms with Gasteiger partial charge in [-0.1, -0.05) is 13.5 Å². The molecule has 9 nitrogen and oxygen atoms in total. The van der Waals surface area contributed by atoms with E-state index >= 15 is 0 Å². The van der Waals surface area contributed by atoms with Gasteiger partial charge in [-0.15, -0.1) is 0 Å². The summed E-state index contributed by atoms with van der Waals surface area (Å²) in [5.41, 5.74) is 0.704. The van der Waals surface area contributed by atoms with Crippen molar-refractivity contribution in [2.24, 2.45) is 0 Å². The van der Waals surface area contributed by atoms with Gasteiger partial charge in [-0.2, -0.15) is 4.98 Å². The monoisotopic (exact) mass is 510 g/mol. The third-order valence-electron chi connectivity index (χ3n) is 7.32. The number of carbonyl (C=O) groups excluding carboxylic acids is 1. The molecule has 4 rings (SSSR count). The van der Waals surface area contributed by atoms with Crippen molar-refractivity contribution in [3.63, 3.8) is 0 Å². The molecule has 1 aromatic carbocycles. The Morgan fingerprint density at radius 1 is 1.14 bits per heavy atom. The van der Waals surface area contributed by atoms with Crippen LogP contribution in [0.5, 0.6) is 11.5 Å². The molecule has 3 heterocycles. The van der Waals surface area contributed by atoms with Crippen LogP contribution in [0.1, 0.15) is 45.4 Å². The van der Waals surface area contributed by atoms with Gasteiger partial charge in [-0.05, 0) is 70.3 Å². The molecule has 1 aromatic heterocycles. The number of likely N-dealkylation sites (N-methyl/N-ethyl adjacent to an activating group) is 1. The first kappa shape index (κ1) is 27.1. The molecule has 1 amide bonds. The molecular formula is C28H42N6O3. The summed E-state index contributed by atoms with van der Waals surface area (Å²) in [6.07, 6.45) is 8.06. The molecule has 1 N–H and O–H groups in total. The van der Waals surface area contributed by atoms with Gasteiger partial charge in [-0.3, -0.25) is 9.69 Å². The summed E-state index contributed by atoms with van der Waals surface area (Å²) < 4.78 is 11.9. The van der Waals surface area contributed by atoms with Gasteiger partial charge in [0.2, 0.25) is 5.95 Å². The molecule has 0 spiro atoms. The van der Waals surface area contributed by atoms with Crippen LogP contribution in [0, 0.1) is 0 Å². The highest BCUT2D eigenvalue weighted by Crippen LogP contribution is 2.36. The number of methoxy groups -OCH3 is 1. The molecule has 2 aliphatic heterocycles. The maximum Gasteiger partial charge on any atom is 0.252 e. The van der Waals surface area contributed by atoms with E-state index in [1.807, 2.05) is 12.1 Å². The molecule has 0 bridgehead atoms. The minimum atomic E-state index is -0.259. The largest absolute Gasteiger partial charge is 0.493 e. The lowest BCUT2D eigenvalue weighted by atomic mass is 10.0. The van der Waals surface area contributed by atoms with E-state index in [1.165, 1.54) is 43.3 Å². The van der Waals surface area contributed by atoms with Crippen LogP contribution in [-0.4, -0.2) is 91.7 Å². The van der Waals surface area contributed by atoms with E-state index in [0.717, 1.165) is 50.8 Å². The zero-order valence-corrected chi connectivity index (χ0v) is 22.7. The molecule has 9 heteroatoms. The third-order valence-corrected chi connectivity index (χ3v) is 7.32. The van der Waals surface area contributed by atoms with E-state index in [0.29, 0.717) is 41.4 Å². The Labute approximate surface area is 220 Å². The number of hydrogen-bond acceptors (Lipinski definition) is 8. The molecule has 2 aliphatic rings. The predicted octanol–water partition coefficient (Wildman–Crippen LogP) is 3.94. The molecule has 2 fully saturated rings. The second-order valence-electron chi connectivity index (χ2n) is 10.0. The molecule has 2 aromatic rings. The number of piperidine rings is 1. The zero-order chi connectivity index (χ0) is 26.2. The number of aromatic nitrogens is 2. The van der Waals surface area contributed by atoms with E-state index in [-0.39, 0.29) is 5.91 Å². The van der Waals surface area contributed by atoms with Crippen molar-refractivity contribution in [1.82, 2.24) is 19.8 Å². The average molecular weight is 511 g/mol. The smallest absolute Gasteiger partial charge is 0.252 e. The first-order valence-electron chi connectivity index (χ1n) is 13.7. The number of rotatable bonds is 12. The van der Waals surface area contributed by atoms with Gasteiger partial charge in [0.25, 0.3) is 5.91 Å². The average Bonchev–Trinajstić information content (AvgIpc) is 3.44. The van der Waals surface area contributed by atoms with E-state index < -0.39 is 0 Å². The fourth-order valence-electron chi connectivity index (χ4n) is 5.18. The van der Waals surface area contributed by atoms with Crippen LogP contribution >= 0.6 is 0 Å². The Hall–Kier alpha value is -2.91. The van der Waals surface area contributed by atoms with E-state index in [9.17, 15) is 4.79 Å². The number of nitrogens with one attached hydrogen (secondary N) is 1. The molecule has 37 heavy (non-hydrogen) atoms. The summed E-state index contributed by atoms with van der Waals surface area (Å²) in [6, 6.07) is 4.14. The van der Waals surface area contributed by atoms with Crippen LogP contribution in [0.25, 0.3) is 10.9 Å². The van der Waals surface area contributed by atoms with Crippen molar-refractivity contribution in [1.29, 1.82) is 0 Å². The molecule has 2 saturated heterocycles. The summed E-state index contributed by atoms with van der Waals surface area (Å²) in [5, 5.41) is 4.50. The fourth-order valence-corrected chi connectivity index (χ4v) is 5.18. The quantitative estimate of drug-likeness (QED) is 0.340. The van der Waals surface area contributed by atoms with Crippen molar-refractivity contribution >= 4 is 28.6 Å². The van der Waals surface area contributed by atoms with Crippen molar-refractivity contribution in [3.8, 4) is 11.5 Å². The Bertz CT molecular complexity index is 1060. The summed E-state index contributed by atoms with van der Waals surface area (Å²) in [5.74, 6) is 2.08. The zero-order valence-electron chi connectivity index (χ0n) is 22.7. The molecule has 0 radical (unpaired) electrons.